The highest BCUT2D eigenvalue weighted by Gasteiger charge is 2.10. The van der Waals surface area contributed by atoms with Gasteiger partial charge in [-0.2, -0.15) is 5.10 Å². The van der Waals surface area contributed by atoms with E-state index in [4.69, 9.17) is 9.15 Å². The number of nitrogens with zero attached hydrogens (tertiary/aromatic N) is 1. The predicted molar refractivity (Wildman–Crippen MR) is 89.4 cm³/mol. The molecule has 0 unspecified atom stereocenters. The van der Waals surface area contributed by atoms with Crippen LogP contribution in [0, 0.1) is 0 Å². The number of carboxylic acids is 1. The maximum Gasteiger partial charge on any atom is 0.176 e. The Labute approximate surface area is 138 Å². The zero-order valence-electron chi connectivity index (χ0n) is 13.2. The van der Waals surface area contributed by atoms with Crippen molar-refractivity contribution < 1.29 is 19.1 Å². The fourth-order valence-electron chi connectivity index (χ4n) is 2.26. The molecule has 0 aliphatic rings. The summed E-state index contributed by atoms with van der Waals surface area (Å²) in [6.45, 7) is 1.81. The fraction of sp³-hybridized carbons (Fsp3) is 0.111. The summed E-state index contributed by atoms with van der Waals surface area (Å²) < 4.78 is 11.1. The summed E-state index contributed by atoms with van der Waals surface area (Å²) in [6.07, 6.45) is 0. The summed E-state index contributed by atoms with van der Waals surface area (Å²) in [6, 6.07) is 13.7. The number of carbonyl (C=O) groups excluding carboxylic acids is 1. The fourth-order valence-corrected chi connectivity index (χ4v) is 2.26. The van der Waals surface area contributed by atoms with Crippen LogP contribution >= 0.6 is 0 Å². The Kier molecular flexibility index (Phi) is 4.20. The largest absolute Gasteiger partial charge is 0.545 e. The first-order chi connectivity index (χ1) is 11.6. The minimum absolute atomic E-state index is 0.116. The second kappa shape index (κ2) is 6.45. The molecule has 0 fully saturated rings. The van der Waals surface area contributed by atoms with Gasteiger partial charge in [0.1, 0.15) is 5.71 Å². The molecule has 1 aromatic heterocycles. The molecule has 0 radical (unpaired) electrons. The van der Waals surface area contributed by atoms with Crippen molar-refractivity contribution in [3.8, 4) is 5.75 Å². The molecule has 122 valence electrons. The van der Waals surface area contributed by atoms with E-state index in [0.717, 1.165) is 5.39 Å². The summed E-state index contributed by atoms with van der Waals surface area (Å²) in [5.74, 6) is 0.0724. The summed E-state index contributed by atoms with van der Waals surface area (Å²) >= 11 is 0. The molecule has 0 aliphatic carbocycles. The molecule has 0 amide bonds. The Morgan fingerprint density at radius 1 is 1.21 bits per heavy atom. The summed E-state index contributed by atoms with van der Waals surface area (Å²) in [4.78, 5) is 10.7. The van der Waals surface area contributed by atoms with Crippen LogP contribution < -0.4 is 15.3 Å². The number of rotatable bonds is 5. The third-order valence-electron chi connectivity index (χ3n) is 3.56. The Balaban J connectivity index is 1.81. The van der Waals surface area contributed by atoms with Crippen molar-refractivity contribution >= 4 is 28.3 Å². The molecule has 1 heterocycles. The van der Waals surface area contributed by atoms with Gasteiger partial charge in [-0.05, 0) is 36.8 Å². The first kappa shape index (κ1) is 15.6. The SMILES string of the molecule is COc1cccc2cc(/C(C)=N\Nc3ccc(C(=O)[O-])cc3)oc12. The summed E-state index contributed by atoms with van der Waals surface area (Å²) in [7, 11) is 1.59. The standard InChI is InChI=1S/C18H16N2O4/c1-11(19-20-14-8-6-12(7-9-14)18(21)22)16-10-13-4-3-5-15(23-2)17(13)24-16/h3-10,20H,1-2H3,(H,21,22)/p-1/b19-11-. The number of carboxylic acid groups (broad SMARTS) is 1. The molecule has 24 heavy (non-hydrogen) atoms. The van der Waals surface area contributed by atoms with Crippen LogP contribution in [0.5, 0.6) is 5.75 Å². The second-order valence-electron chi connectivity index (χ2n) is 5.16. The number of ether oxygens (including phenoxy) is 1. The minimum atomic E-state index is -1.21. The number of fused-ring (bicyclic) bond motifs is 1. The highest BCUT2D eigenvalue weighted by Crippen LogP contribution is 2.28. The van der Waals surface area contributed by atoms with E-state index in [1.807, 2.05) is 31.2 Å². The molecule has 0 saturated carbocycles. The Morgan fingerprint density at radius 2 is 1.96 bits per heavy atom. The van der Waals surface area contributed by atoms with Gasteiger partial charge < -0.3 is 19.1 Å². The topological polar surface area (TPSA) is 86.9 Å². The van der Waals surface area contributed by atoms with E-state index in [-0.39, 0.29) is 5.56 Å². The van der Waals surface area contributed by atoms with Crippen molar-refractivity contribution in [3.63, 3.8) is 0 Å². The van der Waals surface area contributed by atoms with Crippen LogP contribution in [0.3, 0.4) is 0 Å². The van der Waals surface area contributed by atoms with E-state index in [1.165, 1.54) is 12.1 Å². The lowest BCUT2D eigenvalue weighted by atomic mass is 10.2. The molecule has 6 nitrogen and oxygen atoms in total. The predicted octanol–water partition coefficient (Wildman–Crippen LogP) is 2.64. The van der Waals surface area contributed by atoms with Gasteiger partial charge in [0, 0.05) is 5.39 Å². The summed E-state index contributed by atoms with van der Waals surface area (Å²) in [5.41, 5.74) is 4.96. The number of hydrogen-bond acceptors (Lipinski definition) is 6. The Morgan fingerprint density at radius 3 is 2.62 bits per heavy atom. The van der Waals surface area contributed by atoms with Crippen molar-refractivity contribution in [2.75, 3.05) is 12.5 Å². The number of para-hydroxylation sites is 1. The van der Waals surface area contributed by atoms with Crippen LogP contribution in [0.15, 0.2) is 58.0 Å². The maximum atomic E-state index is 10.7. The third kappa shape index (κ3) is 3.08. The average molecular weight is 323 g/mol. The zero-order valence-corrected chi connectivity index (χ0v) is 13.2. The molecule has 0 spiro atoms. The number of furan rings is 1. The van der Waals surface area contributed by atoms with Crippen LogP contribution in [0.1, 0.15) is 23.0 Å². The Hall–Kier alpha value is -3.28. The van der Waals surface area contributed by atoms with Crippen molar-refractivity contribution in [2.45, 2.75) is 6.92 Å². The van der Waals surface area contributed by atoms with E-state index in [2.05, 4.69) is 10.5 Å². The quantitative estimate of drug-likeness (QED) is 0.576. The minimum Gasteiger partial charge on any atom is -0.545 e. The number of methoxy groups -OCH3 is 1. The number of hydrogen-bond donors (Lipinski definition) is 1. The molecular weight excluding hydrogens is 308 g/mol. The Bertz CT molecular complexity index is 910. The zero-order chi connectivity index (χ0) is 17.1. The van der Waals surface area contributed by atoms with Gasteiger partial charge in [0.2, 0.25) is 0 Å². The average Bonchev–Trinajstić information content (AvgIpc) is 3.04. The number of carbonyl (C=O) groups is 1. The smallest absolute Gasteiger partial charge is 0.176 e. The van der Waals surface area contributed by atoms with E-state index in [9.17, 15) is 9.90 Å². The lowest BCUT2D eigenvalue weighted by Crippen LogP contribution is -2.21. The first-order valence-corrected chi connectivity index (χ1v) is 7.27. The lowest BCUT2D eigenvalue weighted by Gasteiger charge is -2.05. The molecular formula is C18H15N2O4-. The van der Waals surface area contributed by atoms with Gasteiger partial charge in [0.25, 0.3) is 0 Å². The number of anilines is 1. The number of hydrazone groups is 1. The molecule has 1 N–H and O–H groups in total. The third-order valence-corrected chi connectivity index (χ3v) is 3.56. The summed E-state index contributed by atoms with van der Waals surface area (Å²) in [5, 5.41) is 15.9. The maximum absolute atomic E-state index is 10.7. The normalized spacial score (nSPS) is 11.5. The van der Waals surface area contributed by atoms with Crippen molar-refractivity contribution in [1.29, 1.82) is 0 Å². The van der Waals surface area contributed by atoms with Gasteiger partial charge in [0.15, 0.2) is 17.1 Å². The van der Waals surface area contributed by atoms with E-state index >= 15 is 0 Å². The van der Waals surface area contributed by atoms with Gasteiger partial charge in [0.05, 0.1) is 18.8 Å². The van der Waals surface area contributed by atoms with Gasteiger partial charge in [-0.25, -0.2) is 0 Å². The van der Waals surface area contributed by atoms with E-state index < -0.39 is 5.97 Å². The van der Waals surface area contributed by atoms with Crippen LogP contribution in [0.25, 0.3) is 11.0 Å². The van der Waals surface area contributed by atoms with Gasteiger partial charge in [-0.3, -0.25) is 5.43 Å². The lowest BCUT2D eigenvalue weighted by molar-refractivity contribution is -0.255. The molecule has 6 heteroatoms. The van der Waals surface area contributed by atoms with Crippen molar-refractivity contribution in [1.82, 2.24) is 0 Å². The number of benzene rings is 2. The molecule has 0 atom stereocenters. The van der Waals surface area contributed by atoms with Crippen LogP contribution in [-0.2, 0) is 0 Å². The number of nitrogens with one attached hydrogen (secondary N) is 1. The van der Waals surface area contributed by atoms with E-state index in [0.29, 0.717) is 28.5 Å². The monoisotopic (exact) mass is 323 g/mol. The van der Waals surface area contributed by atoms with Gasteiger partial charge in [-0.1, -0.05) is 24.3 Å². The van der Waals surface area contributed by atoms with Gasteiger partial charge in [-0.15, -0.1) is 0 Å². The van der Waals surface area contributed by atoms with Crippen LogP contribution in [0.4, 0.5) is 5.69 Å². The number of aromatic carboxylic acids is 1. The molecule has 0 aliphatic heterocycles. The van der Waals surface area contributed by atoms with Crippen LogP contribution in [-0.4, -0.2) is 18.8 Å². The molecule has 3 aromatic rings. The molecule has 0 bridgehead atoms. The molecule has 2 aromatic carbocycles. The van der Waals surface area contributed by atoms with E-state index in [1.54, 1.807) is 19.2 Å². The second-order valence-corrected chi connectivity index (χ2v) is 5.16. The van der Waals surface area contributed by atoms with Gasteiger partial charge >= 0.3 is 0 Å². The van der Waals surface area contributed by atoms with Crippen molar-refractivity contribution in [2.24, 2.45) is 5.10 Å². The highest BCUT2D eigenvalue weighted by atomic mass is 16.5. The highest BCUT2D eigenvalue weighted by molar-refractivity contribution is 6.00. The molecule has 3 rings (SSSR count). The molecule has 0 saturated heterocycles. The van der Waals surface area contributed by atoms with Crippen LogP contribution in [0.2, 0.25) is 0 Å². The first-order valence-electron chi connectivity index (χ1n) is 7.27. The van der Waals surface area contributed by atoms with Crippen molar-refractivity contribution in [3.05, 3.63) is 59.9 Å².